The molecule has 4 aromatic rings. The monoisotopic (exact) mass is 805 g/mol. The van der Waals surface area contributed by atoms with E-state index < -0.39 is 0 Å². The number of carbonyl (C=O) groups is 1. The van der Waals surface area contributed by atoms with E-state index in [1.807, 2.05) is 50.2 Å². The molecule has 0 saturated carbocycles. The maximum absolute atomic E-state index is 12.9. The van der Waals surface area contributed by atoms with Crippen molar-refractivity contribution in [1.82, 2.24) is 9.80 Å². The molecule has 0 aliphatic rings. The highest BCUT2D eigenvalue weighted by atomic mass is 16.5. The number of ether oxygens (including phenoxy) is 2. The summed E-state index contributed by atoms with van der Waals surface area (Å²) in [4.78, 5) is 18.0. The van der Waals surface area contributed by atoms with Gasteiger partial charge < -0.3 is 14.6 Å². The number of aromatic hydroxyl groups is 1. The molecule has 0 aromatic heterocycles. The van der Waals surface area contributed by atoms with Gasteiger partial charge in [0.25, 0.3) is 0 Å². The summed E-state index contributed by atoms with van der Waals surface area (Å²) < 4.78 is 12.5. The van der Waals surface area contributed by atoms with Crippen LogP contribution < -0.4 is 4.74 Å². The van der Waals surface area contributed by atoms with Crippen molar-refractivity contribution in [2.75, 3.05) is 13.1 Å². The number of terminal acetylenes is 1. The zero-order valence-electron chi connectivity index (χ0n) is 38.4. The van der Waals surface area contributed by atoms with E-state index in [0.717, 1.165) is 48.2 Å². The molecule has 322 valence electrons. The van der Waals surface area contributed by atoms with E-state index >= 15 is 0 Å². The van der Waals surface area contributed by atoms with E-state index in [2.05, 4.69) is 153 Å². The lowest BCUT2D eigenvalue weighted by atomic mass is 9.86. The van der Waals surface area contributed by atoms with Crippen molar-refractivity contribution in [3.63, 3.8) is 0 Å². The standard InChI is InChI=1S/C48H66N2O4.C3H8.C2H2/c1-33(2)48(52)54-47-24-22-39(30-45(47)43(41-19-15-12-16-20-41)26-28-50(36(7)8)37(9)10)32-53-31-38-21-23-46(51)44(29-38)42(40-17-13-11-14-18-40)25-27-49(34(3)4)35(5)6;1-3-2;1-2/h11-24,29-30,33-37,42-43,51H,25-28,31-32H2,1-10H3;3H2,1-2H3;1-2H/t42-,43+;;/m0../s1. The first kappa shape index (κ1) is 50.7. The third-order valence-corrected chi connectivity index (χ3v) is 10.5. The van der Waals surface area contributed by atoms with Gasteiger partial charge in [-0.05, 0) is 128 Å². The molecule has 0 aliphatic heterocycles. The Hall–Kier alpha value is -4.41. The van der Waals surface area contributed by atoms with Gasteiger partial charge in [0, 0.05) is 47.1 Å². The summed E-state index contributed by atoms with van der Waals surface area (Å²) in [6.45, 7) is 28.6. The first-order valence-corrected chi connectivity index (χ1v) is 21.9. The predicted molar refractivity (Wildman–Crippen MR) is 249 cm³/mol. The Balaban J connectivity index is 0.00000229. The Labute approximate surface area is 359 Å². The van der Waals surface area contributed by atoms with Crippen LogP contribution in [0.2, 0.25) is 0 Å². The van der Waals surface area contributed by atoms with Crippen LogP contribution in [0.3, 0.4) is 0 Å². The molecule has 0 radical (unpaired) electrons. The summed E-state index contributed by atoms with van der Waals surface area (Å²) in [5.74, 6) is 0.510. The molecule has 0 heterocycles. The van der Waals surface area contributed by atoms with Crippen molar-refractivity contribution in [3.05, 3.63) is 130 Å². The molecule has 0 amide bonds. The smallest absolute Gasteiger partial charge is 0.313 e. The molecule has 0 saturated heterocycles. The lowest BCUT2D eigenvalue weighted by Gasteiger charge is -2.32. The fourth-order valence-corrected chi connectivity index (χ4v) is 7.69. The third-order valence-electron chi connectivity index (χ3n) is 10.5. The Bertz CT molecular complexity index is 1770. The lowest BCUT2D eigenvalue weighted by Crippen LogP contribution is -2.38. The number of phenols is 1. The first-order chi connectivity index (χ1) is 28.2. The number of hydrogen-bond donors (Lipinski definition) is 1. The maximum atomic E-state index is 12.9. The molecule has 0 unspecified atom stereocenters. The van der Waals surface area contributed by atoms with Crippen LogP contribution >= 0.6 is 0 Å². The molecule has 0 spiro atoms. The van der Waals surface area contributed by atoms with Crippen LogP contribution in [0, 0.1) is 18.8 Å². The lowest BCUT2D eigenvalue weighted by molar-refractivity contribution is -0.137. The Kier molecular flexibility index (Phi) is 22.9. The highest BCUT2D eigenvalue weighted by Gasteiger charge is 2.25. The van der Waals surface area contributed by atoms with E-state index in [0.29, 0.717) is 48.9 Å². The largest absolute Gasteiger partial charge is 0.508 e. The van der Waals surface area contributed by atoms with Crippen molar-refractivity contribution >= 4 is 5.97 Å². The van der Waals surface area contributed by atoms with Crippen molar-refractivity contribution in [1.29, 1.82) is 0 Å². The number of hydrogen-bond acceptors (Lipinski definition) is 6. The minimum Gasteiger partial charge on any atom is -0.508 e. The number of benzene rings is 4. The van der Waals surface area contributed by atoms with E-state index in [9.17, 15) is 9.90 Å². The van der Waals surface area contributed by atoms with Gasteiger partial charge >= 0.3 is 5.97 Å². The van der Waals surface area contributed by atoms with Gasteiger partial charge in [0.15, 0.2) is 0 Å². The first-order valence-electron chi connectivity index (χ1n) is 21.9. The molecule has 6 heteroatoms. The molecule has 4 rings (SSSR count). The fourth-order valence-electron chi connectivity index (χ4n) is 7.69. The Morgan fingerprint density at radius 3 is 1.39 bits per heavy atom. The molecular weight excluding hydrogens is 729 g/mol. The van der Waals surface area contributed by atoms with Gasteiger partial charge in [0.1, 0.15) is 11.5 Å². The summed E-state index contributed by atoms with van der Waals surface area (Å²) in [6.07, 6.45) is 11.0. The summed E-state index contributed by atoms with van der Waals surface area (Å²) >= 11 is 0. The van der Waals surface area contributed by atoms with Gasteiger partial charge in [0.05, 0.1) is 19.1 Å². The van der Waals surface area contributed by atoms with Gasteiger partial charge in [-0.3, -0.25) is 14.6 Å². The van der Waals surface area contributed by atoms with Crippen LogP contribution in [0.5, 0.6) is 11.5 Å². The molecule has 6 nitrogen and oxygen atoms in total. The van der Waals surface area contributed by atoms with Crippen molar-refractivity contribution in [2.24, 2.45) is 5.92 Å². The van der Waals surface area contributed by atoms with Crippen molar-refractivity contribution in [3.8, 4) is 24.3 Å². The number of nitrogens with zero attached hydrogens (tertiary/aromatic N) is 2. The molecule has 0 bridgehead atoms. The number of phenolic OH excluding ortho intramolecular Hbond substituents is 1. The van der Waals surface area contributed by atoms with Gasteiger partial charge in [-0.25, -0.2) is 0 Å². The second kappa shape index (κ2) is 26.6. The van der Waals surface area contributed by atoms with Crippen LogP contribution in [0.1, 0.15) is 148 Å². The van der Waals surface area contributed by atoms with Crippen LogP contribution in [0.15, 0.2) is 97.1 Å². The Morgan fingerprint density at radius 1 is 0.593 bits per heavy atom. The zero-order chi connectivity index (χ0) is 44.1. The average Bonchev–Trinajstić information content (AvgIpc) is 3.20. The third kappa shape index (κ3) is 16.3. The summed E-state index contributed by atoms with van der Waals surface area (Å²) in [5.41, 5.74) is 6.35. The number of carbonyl (C=O) groups excluding carboxylic acids is 1. The number of rotatable bonds is 20. The fraction of sp³-hybridized carbons (Fsp3) is 0.491. The van der Waals surface area contributed by atoms with Gasteiger partial charge in [-0.1, -0.05) is 107 Å². The van der Waals surface area contributed by atoms with E-state index in [1.54, 1.807) is 0 Å². The van der Waals surface area contributed by atoms with Crippen molar-refractivity contribution in [2.45, 2.75) is 152 Å². The molecule has 2 atom stereocenters. The predicted octanol–water partition coefficient (Wildman–Crippen LogP) is 12.6. The van der Waals surface area contributed by atoms with Gasteiger partial charge in [-0.15, -0.1) is 12.8 Å². The summed E-state index contributed by atoms with van der Waals surface area (Å²) in [7, 11) is 0. The van der Waals surface area contributed by atoms with E-state index in [1.165, 1.54) is 17.5 Å². The summed E-state index contributed by atoms with van der Waals surface area (Å²) in [6, 6.07) is 34.7. The topological polar surface area (TPSA) is 62.2 Å². The Morgan fingerprint density at radius 2 is 0.983 bits per heavy atom. The molecule has 1 N–H and O–H groups in total. The maximum Gasteiger partial charge on any atom is 0.313 e. The minimum atomic E-state index is -0.241. The molecule has 4 aromatic carbocycles. The highest BCUT2D eigenvalue weighted by molar-refractivity contribution is 5.75. The van der Waals surface area contributed by atoms with Crippen LogP contribution in [-0.2, 0) is 22.7 Å². The summed E-state index contributed by atoms with van der Waals surface area (Å²) in [5, 5.41) is 11.2. The average molecular weight is 805 g/mol. The molecule has 0 aliphatic carbocycles. The molecular formula is C53H76N2O4. The normalized spacial score (nSPS) is 12.4. The van der Waals surface area contributed by atoms with E-state index in [4.69, 9.17) is 9.47 Å². The van der Waals surface area contributed by atoms with Crippen LogP contribution in [0.25, 0.3) is 0 Å². The van der Waals surface area contributed by atoms with E-state index in [-0.39, 0.29) is 23.7 Å². The molecule has 59 heavy (non-hydrogen) atoms. The quantitative estimate of drug-likeness (QED) is 0.0545. The zero-order valence-corrected chi connectivity index (χ0v) is 38.4. The SMILES string of the molecule is C#C.CC(C)C(=O)Oc1ccc(COCc2ccc(O)c([C@@H](CCN(C(C)C)C(C)C)c3ccccc3)c2)cc1[C@H](CCN(C(C)C)C(C)C)c1ccccc1.CCC. The second-order valence-electron chi connectivity index (χ2n) is 16.9. The molecule has 0 fully saturated rings. The second-order valence-corrected chi connectivity index (χ2v) is 16.9. The van der Waals surface area contributed by atoms with Gasteiger partial charge in [0.2, 0.25) is 0 Å². The highest BCUT2D eigenvalue weighted by Crippen LogP contribution is 2.38. The number of esters is 1. The minimum absolute atomic E-state index is 0.0259. The van der Waals surface area contributed by atoms with Crippen molar-refractivity contribution < 1.29 is 19.4 Å². The van der Waals surface area contributed by atoms with Gasteiger partial charge in [-0.2, -0.15) is 0 Å². The van der Waals surface area contributed by atoms with Crippen LogP contribution in [-0.4, -0.2) is 58.1 Å². The van der Waals surface area contributed by atoms with Crippen LogP contribution in [0.4, 0.5) is 0 Å².